The van der Waals surface area contributed by atoms with Crippen LogP contribution in [0.15, 0.2) is 61.1 Å². The van der Waals surface area contributed by atoms with Gasteiger partial charge >= 0.3 is 0 Å². The number of H-pyrrole nitrogens is 1. The molecule has 202 valence electrons. The number of aromatic amines is 1. The molecule has 4 aromatic rings. The number of alkyl halides is 2. The SMILES string of the molecule is CC1(C)Cc2[nH]nc(C(=O)Nc3cnn([C@H](c4ccccc4)C4CN(c5ccnc(F)c5)C4)c3)c2CC1(F)F. The van der Waals surface area contributed by atoms with E-state index >= 15 is 0 Å². The number of hydrogen-bond acceptors (Lipinski definition) is 5. The summed E-state index contributed by atoms with van der Waals surface area (Å²) in [6, 6.07) is 13.0. The highest BCUT2D eigenvalue weighted by atomic mass is 19.3. The average molecular weight is 536 g/mol. The van der Waals surface area contributed by atoms with Crippen LogP contribution in [0.3, 0.4) is 0 Å². The molecule has 4 heterocycles. The lowest BCUT2D eigenvalue weighted by Gasteiger charge is -2.45. The Morgan fingerprint density at radius 1 is 1.15 bits per heavy atom. The predicted octanol–water partition coefficient (Wildman–Crippen LogP) is 4.88. The molecule has 8 nitrogen and oxygen atoms in total. The van der Waals surface area contributed by atoms with Gasteiger partial charge in [0, 0.05) is 72.7 Å². The summed E-state index contributed by atoms with van der Waals surface area (Å²) in [4.78, 5) is 18.8. The van der Waals surface area contributed by atoms with Gasteiger partial charge in [-0.1, -0.05) is 44.2 Å². The summed E-state index contributed by atoms with van der Waals surface area (Å²) < 4.78 is 44.9. The number of pyridine rings is 1. The van der Waals surface area contributed by atoms with E-state index in [9.17, 15) is 18.0 Å². The van der Waals surface area contributed by atoms with E-state index in [0.717, 1.165) is 11.3 Å². The van der Waals surface area contributed by atoms with Crippen molar-refractivity contribution in [1.82, 2.24) is 25.0 Å². The van der Waals surface area contributed by atoms with Crippen LogP contribution in [0.2, 0.25) is 0 Å². The van der Waals surface area contributed by atoms with E-state index in [1.54, 1.807) is 23.1 Å². The number of anilines is 2. The fourth-order valence-electron chi connectivity index (χ4n) is 5.51. The van der Waals surface area contributed by atoms with E-state index in [1.807, 2.05) is 30.3 Å². The number of fused-ring (bicyclic) bond motifs is 1. The first kappa shape index (κ1) is 25.1. The molecule has 11 heteroatoms. The first-order valence-corrected chi connectivity index (χ1v) is 12.8. The zero-order valence-corrected chi connectivity index (χ0v) is 21.5. The smallest absolute Gasteiger partial charge is 0.276 e. The van der Waals surface area contributed by atoms with Gasteiger partial charge in [0.15, 0.2) is 5.69 Å². The van der Waals surface area contributed by atoms with E-state index in [0.29, 0.717) is 24.5 Å². The molecule has 0 bridgehead atoms. The summed E-state index contributed by atoms with van der Waals surface area (Å²) in [7, 11) is 0. The first-order chi connectivity index (χ1) is 18.6. The molecule has 1 aliphatic carbocycles. The van der Waals surface area contributed by atoms with Crippen LogP contribution < -0.4 is 10.2 Å². The van der Waals surface area contributed by atoms with E-state index < -0.39 is 29.6 Å². The number of carbonyl (C=O) groups excluding carboxylic acids is 1. The van der Waals surface area contributed by atoms with Gasteiger partial charge in [-0.3, -0.25) is 14.6 Å². The summed E-state index contributed by atoms with van der Waals surface area (Å²) in [5.41, 5.74) is 1.84. The number of nitrogens with one attached hydrogen (secondary N) is 2. The monoisotopic (exact) mass is 535 g/mol. The Morgan fingerprint density at radius 3 is 2.67 bits per heavy atom. The van der Waals surface area contributed by atoms with Gasteiger partial charge in [0.2, 0.25) is 5.95 Å². The molecule has 39 heavy (non-hydrogen) atoms. The Hall–Kier alpha value is -4.15. The van der Waals surface area contributed by atoms with Gasteiger partial charge in [-0.2, -0.15) is 14.6 Å². The summed E-state index contributed by atoms with van der Waals surface area (Å²) in [5, 5.41) is 14.2. The number of halogens is 3. The highest BCUT2D eigenvalue weighted by Crippen LogP contribution is 2.46. The third-order valence-electron chi connectivity index (χ3n) is 7.89. The molecule has 0 unspecified atom stereocenters. The van der Waals surface area contributed by atoms with Crippen molar-refractivity contribution < 1.29 is 18.0 Å². The van der Waals surface area contributed by atoms with Gasteiger partial charge in [0.05, 0.1) is 17.9 Å². The maximum Gasteiger partial charge on any atom is 0.276 e. The van der Waals surface area contributed by atoms with Crippen molar-refractivity contribution in [3.05, 3.63) is 89.5 Å². The second-order valence-electron chi connectivity index (χ2n) is 11.0. The van der Waals surface area contributed by atoms with Crippen LogP contribution >= 0.6 is 0 Å². The first-order valence-electron chi connectivity index (χ1n) is 12.8. The van der Waals surface area contributed by atoms with Crippen LogP contribution in [-0.4, -0.2) is 49.9 Å². The highest BCUT2D eigenvalue weighted by molar-refractivity contribution is 6.04. The fraction of sp³-hybridized carbons (Fsp3) is 0.357. The Labute approximate surface area is 223 Å². The summed E-state index contributed by atoms with van der Waals surface area (Å²) in [5.74, 6) is -3.86. The van der Waals surface area contributed by atoms with Crippen molar-refractivity contribution >= 4 is 17.3 Å². The Kier molecular flexibility index (Phi) is 5.96. The summed E-state index contributed by atoms with van der Waals surface area (Å²) in [6.45, 7) is 4.42. The minimum Gasteiger partial charge on any atom is -0.370 e. The molecule has 1 atom stereocenters. The Bertz CT molecular complexity index is 1510. The molecule has 1 amide bonds. The second-order valence-corrected chi connectivity index (χ2v) is 11.0. The number of carbonyl (C=O) groups is 1. The standard InChI is InChI=1S/C28H28F3N7O/c1-27(2)12-22-21(11-28(27,30)31)24(36-35-22)26(39)34-19-13-33-38(16-19)25(17-6-4-3-5-7-17)18-14-37(15-18)20-8-9-32-23(29)10-20/h3-10,13,16,18,25H,11-12,14-15H2,1-2H3,(H,34,39)(H,35,36)/t25-/m1/s1. The number of hydrogen-bond donors (Lipinski definition) is 2. The lowest BCUT2D eigenvalue weighted by molar-refractivity contribution is -0.111. The molecule has 0 saturated carbocycles. The molecule has 1 fully saturated rings. The van der Waals surface area contributed by atoms with E-state index in [2.05, 4.69) is 30.5 Å². The summed E-state index contributed by atoms with van der Waals surface area (Å²) in [6.07, 6.45) is 4.30. The van der Waals surface area contributed by atoms with Gasteiger partial charge in [-0.25, -0.2) is 13.8 Å². The summed E-state index contributed by atoms with van der Waals surface area (Å²) >= 11 is 0. The topological polar surface area (TPSA) is 91.7 Å². The van der Waals surface area contributed by atoms with Crippen molar-refractivity contribution in [3.63, 3.8) is 0 Å². The number of aromatic nitrogens is 5. The van der Waals surface area contributed by atoms with E-state index in [1.165, 1.54) is 26.1 Å². The number of amides is 1. The zero-order chi connectivity index (χ0) is 27.4. The number of rotatable bonds is 6. The molecule has 2 N–H and O–H groups in total. The third kappa shape index (κ3) is 4.55. The van der Waals surface area contributed by atoms with Gasteiger partial charge in [-0.15, -0.1) is 0 Å². The second kappa shape index (κ2) is 9.25. The molecule has 6 rings (SSSR count). The van der Waals surface area contributed by atoms with E-state index in [-0.39, 0.29) is 29.6 Å². The van der Waals surface area contributed by atoms with Gasteiger partial charge in [0.25, 0.3) is 11.8 Å². The van der Waals surface area contributed by atoms with Gasteiger partial charge in [-0.05, 0) is 11.6 Å². The minimum absolute atomic E-state index is 0.0215. The normalized spacial score (nSPS) is 18.7. The maximum atomic E-state index is 14.7. The van der Waals surface area contributed by atoms with Gasteiger partial charge in [0.1, 0.15) is 0 Å². The zero-order valence-electron chi connectivity index (χ0n) is 21.5. The Morgan fingerprint density at radius 2 is 1.92 bits per heavy atom. The van der Waals surface area contributed by atoms with Crippen LogP contribution in [0.4, 0.5) is 24.5 Å². The van der Waals surface area contributed by atoms with Crippen molar-refractivity contribution in [2.45, 2.75) is 38.7 Å². The quantitative estimate of drug-likeness (QED) is 0.344. The molecule has 1 aromatic carbocycles. The van der Waals surface area contributed by atoms with Crippen LogP contribution in [-0.2, 0) is 12.8 Å². The molecule has 1 saturated heterocycles. The maximum absolute atomic E-state index is 14.7. The molecule has 0 spiro atoms. The number of nitrogens with zero attached hydrogens (tertiary/aromatic N) is 5. The lowest BCUT2D eigenvalue weighted by atomic mass is 9.73. The molecule has 2 aliphatic rings. The Balaban J connectivity index is 1.21. The van der Waals surface area contributed by atoms with Crippen LogP contribution in [0.1, 0.15) is 47.2 Å². The molecule has 3 aromatic heterocycles. The van der Waals surface area contributed by atoms with Gasteiger partial charge < -0.3 is 10.2 Å². The minimum atomic E-state index is -2.95. The predicted molar refractivity (Wildman–Crippen MR) is 139 cm³/mol. The van der Waals surface area contributed by atoms with Crippen molar-refractivity contribution in [1.29, 1.82) is 0 Å². The average Bonchev–Trinajstić information content (AvgIpc) is 3.47. The van der Waals surface area contributed by atoms with Crippen molar-refractivity contribution in [2.75, 3.05) is 23.3 Å². The van der Waals surface area contributed by atoms with E-state index in [4.69, 9.17) is 0 Å². The molecular weight excluding hydrogens is 507 g/mol. The highest BCUT2D eigenvalue weighted by Gasteiger charge is 2.51. The fourth-order valence-corrected chi connectivity index (χ4v) is 5.51. The van der Waals surface area contributed by atoms with Crippen molar-refractivity contribution in [2.24, 2.45) is 11.3 Å². The van der Waals surface area contributed by atoms with Crippen LogP contribution in [0, 0.1) is 17.3 Å². The molecule has 0 radical (unpaired) electrons. The van der Waals surface area contributed by atoms with Crippen LogP contribution in [0.5, 0.6) is 0 Å². The van der Waals surface area contributed by atoms with Crippen LogP contribution in [0.25, 0.3) is 0 Å². The third-order valence-corrected chi connectivity index (χ3v) is 7.89. The largest absolute Gasteiger partial charge is 0.370 e. The molecule has 1 aliphatic heterocycles. The van der Waals surface area contributed by atoms with Crippen molar-refractivity contribution in [3.8, 4) is 0 Å². The number of benzene rings is 1. The lowest BCUT2D eigenvalue weighted by Crippen LogP contribution is -2.51. The molecular formula is C28H28F3N7O.